The minimum atomic E-state index is 0.463. The van der Waals surface area contributed by atoms with E-state index >= 15 is 0 Å². The molecule has 0 bridgehead atoms. The maximum absolute atomic E-state index is 8.80. The van der Waals surface area contributed by atoms with E-state index in [0.717, 1.165) is 17.6 Å². The summed E-state index contributed by atoms with van der Waals surface area (Å²) in [5.74, 6) is 0. The van der Waals surface area contributed by atoms with Crippen LogP contribution in [0.15, 0.2) is 24.4 Å². The number of nitriles is 1. The Labute approximate surface area is 95.3 Å². The molecule has 82 valence electrons. The zero-order valence-corrected chi connectivity index (χ0v) is 9.62. The summed E-state index contributed by atoms with van der Waals surface area (Å²) in [5.41, 5.74) is 3.48. The molecule has 0 fully saturated rings. The van der Waals surface area contributed by atoms with Crippen molar-refractivity contribution >= 4 is 10.9 Å². The van der Waals surface area contributed by atoms with Crippen molar-refractivity contribution < 1.29 is 0 Å². The Morgan fingerprint density at radius 2 is 2.12 bits per heavy atom. The van der Waals surface area contributed by atoms with Crippen LogP contribution in [0.4, 0.5) is 0 Å². The number of nitrogens with one attached hydrogen (secondary N) is 1. The van der Waals surface area contributed by atoms with Crippen LogP contribution < -0.4 is 0 Å². The fourth-order valence-electron chi connectivity index (χ4n) is 2.03. The van der Waals surface area contributed by atoms with Gasteiger partial charge in [0, 0.05) is 23.6 Å². The average Bonchev–Trinajstić information content (AvgIpc) is 2.62. The van der Waals surface area contributed by atoms with Gasteiger partial charge in [-0.3, -0.25) is 0 Å². The third kappa shape index (κ3) is 1.93. The fourth-order valence-corrected chi connectivity index (χ4v) is 2.03. The number of nitrogens with zero attached hydrogens (tertiary/aromatic N) is 2. The lowest BCUT2D eigenvalue weighted by molar-refractivity contribution is 0.404. The van der Waals surface area contributed by atoms with Crippen LogP contribution in [0.2, 0.25) is 0 Å². The summed E-state index contributed by atoms with van der Waals surface area (Å²) in [6.45, 7) is 0.896. The predicted octanol–water partition coefficient (Wildman–Crippen LogP) is 2.30. The number of hydrogen-bond acceptors (Lipinski definition) is 2. The first-order chi connectivity index (χ1) is 7.72. The second-order valence-corrected chi connectivity index (χ2v) is 4.23. The summed E-state index contributed by atoms with van der Waals surface area (Å²) in [6, 6.07) is 8.43. The molecule has 0 saturated heterocycles. The van der Waals surface area contributed by atoms with Gasteiger partial charge in [-0.15, -0.1) is 0 Å². The van der Waals surface area contributed by atoms with Crippen LogP contribution >= 0.6 is 0 Å². The highest BCUT2D eigenvalue weighted by Crippen LogP contribution is 2.23. The zero-order valence-electron chi connectivity index (χ0n) is 9.62. The summed E-state index contributed by atoms with van der Waals surface area (Å²) >= 11 is 0. The van der Waals surface area contributed by atoms with Gasteiger partial charge >= 0.3 is 0 Å². The zero-order chi connectivity index (χ0) is 11.5. The molecule has 2 rings (SSSR count). The molecule has 0 aliphatic carbocycles. The molecule has 0 spiro atoms. The highest BCUT2D eigenvalue weighted by atomic mass is 15.0. The molecular weight excluding hydrogens is 198 g/mol. The van der Waals surface area contributed by atoms with Crippen LogP contribution in [-0.2, 0) is 13.0 Å². The van der Waals surface area contributed by atoms with E-state index in [0.29, 0.717) is 6.42 Å². The number of H-pyrrole nitrogens is 1. The molecule has 2 aromatic rings. The first kappa shape index (κ1) is 10.7. The molecule has 3 nitrogen and oxygen atoms in total. The lowest BCUT2D eigenvalue weighted by Gasteiger charge is -2.11. The molecule has 0 amide bonds. The van der Waals surface area contributed by atoms with E-state index in [-0.39, 0.29) is 0 Å². The summed E-state index contributed by atoms with van der Waals surface area (Å²) in [6.07, 6.45) is 2.40. The first-order valence-electron chi connectivity index (χ1n) is 5.32. The predicted molar refractivity (Wildman–Crippen MR) is 65.0 cm³/mol. The van der Waals surface area contributed by atoms with E-state index in [2.05, 4.69) is 42.2 Å². The van der Waals surface area contributed by atoms with Crippen molar-refractivity contribution in [3.05, 3.63) is 35.5 Å². The summed E-state index contributed by atoms with van der Waals surface area (Å²) < 4.78 is 0. The number of aromatic nitrogens is 1. The van der Waals surface area contributed by atoms with Gasteiger partial charge < -0.3 is 9.88 Å². The van der Waals surface area contributed by atoms with Crippen LogP contribution in [0.3, 0.4) is 0 Å². The Hall–Kier alpha value is -1.79. The van der Waals surface area contributed by atoms with Crippen LogP contribution in [0.1, 0.15) is 11.1 Å². The maximum Gasteiger partial charge on any atom is 0.0670 e. The summed E-state index contributed by atoms with van der Waals surface area (Å²) in [5, 5.41) is 10.0. The lowest BCUT2D eigenvalue weighted by Crippen LogP contribution is -2.10. The normalized spacial score (nSPS) is 10.9. The van der Waals surface area contributed by atoms with Crippen molar-refractivity contribution in [2.24, 2.45) is 0 Å². The second-order valence-electron chi connectivity index (χ2n) is 4.23. The Kier molecular flexibility index (Phi) is 2.93. The van der Waals surface area contributed by atoms with Gasteiger partial charge in [0.15, 0.2) is 0 Å². The molecule has 1 aromatic heterocycles. The standard InChI is InChI=1S/C13H15N3/c1-16(2)9-11-4-3-5-12-13(11)10(6-7-14)8-15-12/h3-5,8,15H,6,9H2,1-2H3. The Bertz CT molecular complexity index is 532. The fraction of sp³-hybridized carbons (Fsp3) is 0.308. The number of rotatable bonds is 3. The maximum atomic E-state index is 8.80. The highest BCUT2D eigenvalue weighted by molar-refractivity contribution is 5.86. The molecule has 0 aliphatic heterocycles. The van der Waals surface area contributed by atoms with E-state index in [1.807, 2.05) is 12.3 Å². The minimum Gasteiger partial charge on any atom is -0.361 e. The molecule has 0 saturated carbocycles. The minimum absolute atomic E-state index is 0.463. The van der Waals surface area contributed by atoms with Gasteiger partial charge in [0.1, 0.15) is 0 Å². The van der Waals surface area contributed by atoms with Crippen LogP contribution in [0.25, 0.3) is 10.9 Å². The molecule has 16 heavy (non-hydrogen) atoms. The van der Waals surface area contributed by atoms with Crippen LogP contribution in [0.5, 0.6) is 0 Å². The third-order valence-electron chi connectivity index (χ3n) is 2.63. The topological polar surface area (TPSA) is 42.8 Å². The quantitative estimate of drug-likeness (QED) is 0.850. The van der Waals surface area contributed by atoms with Gasteiger partial charge in [-0.25, -0.2) is 0 Å². The van der Waals surface area contributed by atoms with E-state index in [9.17, 15) is 0 Å². The molecule has 0 unspecified atom stereocenters. The number of aromatic amines is 1. The van der Waals surface area contributed by atoms with Crippen molar-refractivity contribution in [3.63, 3.8) is 0 Å². The SMILES string of the molecule is CN(C)Cc1cccc2[nH]cc(CC#N)c12. The van der Waals surface area contributed by atoms with Gasteiger partial charge in [-0.1, -0.05) is 12.1 Å². The Balaban J connectivity index is 2.55. The highest BCUT2D eigenvalue weighted by Gasteiger charge is 2.08. The van der Waals surface area contributed by atoms with E-state index in [1.165, 1.54) is 10.9 Å². The summed E-state index contributed by atoms with van der Waals surface area (Å²) in [7, 11) is 4.10. The van der Waals surface area contributed by atoms with Crippen molar-refractivity contribution in [3.8, 4) is 6.07 Å². The molecule has 0 radical (unpaired) electrons. The second kappa shape index (κ2) is 4.38. The first-order valence-corrected chi connectivity index (χ1v) is 5.32. The largest absolute Gasteiger partial charge is 0.361 e. The van der Waals surface area contributed by atoms with Gasteiger partial charge in [-0.2, -0.15) is 5.26 Å². The van der Waals surface area contributed by atoms with Gasteiger partial charge in [0.25, 0.3) is 0 Å². The molecular formula is C13H15N3. The van der Waals surface area contributed by atoms with E-state index < -0.39 is 0 Å². The van der Waals surface area contributed by atoms with Crippen molar-refractivity contribution in [1.29, 1.82) is 5.26 Å². The summed E-state index contributed by atoms with van der Waals surface area (Å²) in [4.78, 5) is 5.35. The molecule has 1 aromatic carbocycles. The van der Waals surface area contributed by atoms with E-state index in [1.54, 1.807) is 0 Å². The Morgan fingerprint density at radius 1 is 1.31 bits per heavy atom. The van der Waals surface area contributed by atoms with Crippen molar-refractivity contribution in [2.75, 3.05) is 14.1 Å². The number of fused-ring (bicyclic) bond motifs is 1. The monoisotopic (exact) mass is 213 g/mol. The van der Waals surface area contributed by atoms with Crippen LogP contribution in [-0.4, -0.2) is 24.0 Å². The number of hydrogen-bond donors (Lipinski definition) is 1. The van der Waals surface area contributed by atoms with Gasteiger partial charge in [-0.05, 0) is 31.3 Å². The third-order valence-corrected chi connectivity index (χ3v) is 2.63. The van der Waals surface area contributed by atoms with Crippen molar-refractivity contribution in [2.45, 2.75) is 13.0 Å². The van der Waals surface area contributed by atoms with Gasteiger partial charge in [0.2, 0.25) is 0 Å². The molecule has 1 heterocycles. The van der Waals surface area contributed by atoms with E-state index in [4.69, 9.17) is 5.26 Å². The molecule has 3 heteroatoms. The number of benzene rings is 1. The smallest absolute Gasteiger partial charge is 0.0670 e. The van der Waals surface area contributed by atoms with Crippen molar-refractivity contribution in [1.82, 2.24) is 9.88 Å². The van der Waals surface area contributed by atoms with Gasteiger partial charge in [0.05, 0.1) is 12.5 Å². The molecule has 0 aliphatic rings. The molecule has 0 atom stereocenters. The Morgan fingerprint density at radius 3 is 2.81 bits per heavy atom. The molecule has 1 N–H and O–H groups in total. The lowest BCUT2D eigenvalue weighted by atomic mass is 10.0. The average molecular weight is 213 g/mol. The van der Waals surface area contributed by atoms with Crippen LogP contribution in [0, 0.1) is 11.3 Å².